The summed E-state index contributed by atoms with van der Waals surface area (Å²) in [5.74, 6) is 1.49. The normalized spacial score (nSPS) is 16.2. The third-order valence-corrected chi connectivity index (χ3v) is 5.01. The Bertz CT molecular complexity index is 773. The van der Waals surface area contributed by atoms with Gasteiger partial charge in [0.1, 0.15) is 5.15 Å². The van der Waals surface area contributed by atoms with Crippen LogP contribution in [0.25, 0.3) is 0 Å². The van der Waals surface area contributed by atoms with Crippen LogP contribution < -0.4 is 9.47 Å². The van der Waals surface area contributed by atoms with Crippen molar-refractivity contribution in [2.24, 2.45) is 0 Å². The number of nitrogens with zero attached hydrogens (tertiary/aromatic N) is 2. The Morgan fingerprint density at radius 2 is 1.96 bits per heavy atom. The van der Waals surface area contributed by atoms with Gasteiger partial charge in [0, 0.05) is 18.8 Å². The summed E-state index contributed by atoms with van der Waals surface area (Å²) < 4.78 is 10.8. The molecule has 0 N–H and O–H groups in total. The van der Waals surface area contributed by atoms with E-state index in [2.05, 4.69) is 4.98 Å². The first-order valence-electron chi connectivity index (χ1n) is 8.52. The lowest BCUT2D eigenvalue weighted by atomic mass is 10.1. The second-order valence-corrected chi connectivity index (χ2v) is 6.82. The predicted molar refractivity (Wildman–Crippen MR) is 93.9 cm³/mol. The van der Waals surface area contributed by atoms with E-state index in [1.807, 2.05) is 23.1 Å². The number of carbonyl (C=O) groups excluding carboxylic acids is 1. The average Bonchev–Trinajstić information content (AvgIpc) is 3.31. The maximum Gasteiger partial charge on any atom is 0.255 e. The first-order chi connectivity index (χ1) is 12.2. The van der Waals surface area contributed by atoms with Gasteiger partial charge in [0.15, 0.2) is 11.5 Å². The molecular formula is C19H19ClN2O3. The van der Waals surface area contributed by atoms with Crippen molar-refractivity contribution in [3.63, 3.8) is 0 Å². The van der Waals surface area contributed by atoms with Crippen molar-refractivity contribution >= 4 is 17.5 Å². The lowest BCUT2D eigenvalue weighted by Gasteiger charge is -2.29. The minimum Gasteiger partial charge on any atom is -0.454 e. The summed E-state index contributed by atoms with van der Waals surface area (Å²) in [6.45, 7) is 0.795. The number of rotatable bonds is 4. The molecule has 1 aliphatic carbocycles. The molecule has 5 nitrogen and oxygen atoms in total. The lowest BCUT2D eigenvalue weighted by Crippen LogP contribution is -2.38. The van der Waals surface area contributed by atoms with E-state index < -0.39 is 0 Å². The Kier molecular flexibility index (Phi) is 4.49. The maximum atomic E-state index is 13.1. The van der Waals surface area contributed by atoms with Crippen molar-refractivity contribution in [3.05, 3.63) is 52.8 Å². The van der Waals surface area contributed by atoms with Crippen LogP contribution in [0.2, 0.25) is 5.15 Å². The minimum atomic E-state index is -0.00580. The highest BCUT2D eigenvalue weighted by Crippen LogP contribution is 2.34. The SMILES string of the molecule is O=C(c1ccc(Cl)nc1)N(Cc1ccc2c(c1)OCO2)C1CCCC1. The van der Waals surface area contributed by atoms with Gasteiger partial charge in [-0.3, -0.25) is 4.79 Å². The van der Waals surface area contributed by atoms with Gasteiger partial charge in [-0.05, 0) is 42.7 Å². The molecule has 0 bridgehead atoms. The molecule has 1 aromatic heterocycles. The summed E-state index contributed by atoms with van der Waals surface area (Å²) in [5, 5.41) is 0.389. The van der Waals surface area contributed by atoms with E-state index in [0.29, 0.717) is 17.3 Å². The van der Waals surface area contributed by atoms with Crippen LogP contribution in [0.1, 0.15) is 41.6 Å². The number of fused-ring (bicyclic) bond motifs is 1. The Morgan fingerprint density at radius 3 is 2.72 bits per heavy atom. The van der Waals surface area contributed by atoms with Crippen LogP contribution in [0.4, 0.5) is 0 Å². The average molecular weight is 359 g/mol. The van der Waals surface area contributed by atoms with Gasteiger partial charge < -0.3 is 14.4 Å². The minimum absolute atomic E-state index is 0.00580. The van der Waals surface area contributed by atoms with Crippen molar-refractivity contribution < 1.29 is 14.3 Å². The second kappa shape index (κ2) is 6.92. The van der Waals surface area contributed by atoms with Gasteiger partial charge in [-0.15, -0.1) is 0 Å². The van der Waals surface area contributed by atoms with E-state index in [9.17, 15) is 4.79 Å². The van der Waals surface area contributed by atoms with Crippen LogP contribution in [-0.4, -0.2) is 28.6 Å². The van der Waals surface area contributed by atoms with E-state index in [1.165, 1.54) is 0 Å². The molecule has 1 saturated carbocycles. The number of benzene rings is 1. The molecule has 130 valence electrons. The van der Waals surface area contributed by atoms with Crippen molar-refractivity contribution in [2.45, 2.75) is 38.3 Å². The Balaban J connectivity index is 1.59. The molecule has 1 fully saturated rings. The van der Waals surface area contributed by atoms with Crippen LogP contribution in [0.3, 0.4) is 0 Å². The third-order valence-electron chi connectivity index (χ3n) is 4.79. The van der Waals surface area contributed by atoms with Crippen LogP contribution >= 0.6 is 11.6 Å². The number of hydrogen-bond acceptors (Lipinski definition) is 4. The van der Waals surface area contributed by atoms with E-state index in [1.54, 1.807) is 18.3 Å². The van der Waals surface area contributed by atoms with E-state index >= 15 is 0 Å². The smallest absolute Gasteiger partial charge is 0.255 e. The molecule has 0 unspecified atom stereocenters. The van der Waals surface area contributed by atoms with Gasteiger partial charge in [0.05, 0.1) is 5.56 Å². The Hall–Kier alpha value is -2.27. The standard InChI is InChI=1S/C19H19ClN2O3/c20-18-8-6-14(10-21-18)19(23)22(15-3-1-2-4-15)11-13-5-7-16-17(9-13)25-12-24-16/h5-10,15H,1-4,11-12H2. The van der Waals surface area contributed by atoms with Crippen LogP contribution in [0.5, 0.6) is 11.5 Å². The quantitative estimate of drug-likeness (QED) is 0.774. The molecule has 4 rings (SSSR count). The van der Waals surface area contributed by atoms with Gasteiger partial charge in [-0.25, -0.2) is 4.98 Å². The summed E-state index contributed by atoms with van der Waals surface area (Å²) in [5.41, 5.74) is 1.60. The number of halogens is 1. The zero-order valence-electron chi connectivity index (χ0n) is 13.8. The van der Waals surface area contributed by atoms with Gasteiger partial charge in [0.25, 0.3) is 5.91 Å². The molecule has 2 aliphatic rings. The summed E-state index contributed by atoms with van der Waals surface area (Å²) >= 11 is 5.85. The fourth-order valence-corrected chi connectivity index (χ4v) is 3.60. The van der Waals surface area contributed by atoms with Crippen molar-refractivity contribution in [3.8, 4) is 11.5 Å². The van der Waals surface area contributed by atoms with Gasteiger partial charge in [-0.1, -0.05) is 30.5 Å². The first kappa shape index (κ1) is 16.2. The monoisotopic (exact) mass is 358 g/mol. The van der Waals surface area contributed by atoms with E-state index in [-0.39, 0.29) is 18.7 Å². The topological polar surface area (TPSA) is 51.7 Å². The van der Waals surface area contributed by atoms with Crippen LogP contribution in [-0.2, 0) is 6.54 Å². The van der Waals surface area contributed by atoms with E-state index in [4.69, 9.17) is 21.1 Å². The van der Waals surface area contributed by atoms with Gasteiger partial charge in [-0.2, -0.15) is 0 Å². The summed E-state index contributed by atoms with van der Waals surface area (Å²) in [4.78, 5) is 19.1. The molecule has 0 atom stereocenters. The second-order valence-electron chi connectivity index (χ2n) is 6.43. The molecule has 2 aromatic rings. The largest absolute Gasteiger partial charge is 0.454 e. The highest BCUT2D eigenvalue weighted by atomic mass is 35.5. The Labute approximate surface area is 151 Å². The molecule has 1 amide bonds. The summed E-state index contributed by atoms with van der Waals surface area (Å²) in [6.07, 6.45) is 5.95. The van der Waals surface area contributed by atoms with Crippen molar-refractivity contribution in [2.75, 3.05) is 6.79 Å². The fourth-order valence-electron chi connectivity index (χ4n) is 3.49. The summed E-state index contributed by atoms with van der Waals surface area (Å²) in [7, 11) is 0. The first-order valence-corrected chi connectivity index (χ1v) is 8.89. The number of pyridine rings is 1. The fraction of sp³-hybridized carbons (Fsp3) is 0.368. The van der Waals surface area contributed by atoms with Gasteiger partial charge >= 0.3 is 0 Å². The molecule has 25 heavy (non-hydrogen) atoms. The number of aromatic nitrogens is 1. The molecule has 2 heterocycles. The molecule has 0 spiro atoms. The van der Waals surface area contributed by atoms with Crippen LogP contribution in [0, 0.1) is 0 Å². The number of ether oxygens (including phenoxy) is 2. The molecule has 1 aromatic carbocycles. The van der Waals surface area contributed by atoms with Crippen molar-refractivity contribution in [1.82, 2.24) is 9.88 Å². The summed E-state index contributed by atoms with van der Waals surface area (Å²) in [6, 6.07) is 9.49. The molecule has 6 heteroatoms. The number of hydrogen-bond donors (Lipinski definition) is 0. The number of carbonyl (C=O) groups is 1. The van der Waals surface area contributed by atoms with E-state index in [0.717, 1.165) is 42.7 Å². The lowest BCUT2D eigenvalue weighted by molar-refractivity contribution is 0.0664. The zero-order valence-corrected chi connectivity index (χ0v) is 14.5. The highest BCUT2D eigenvalue weighted by molar-refractivity contribution is 6.29. The molecule has 0 saturated heterocycles. The maximum absolute atomic E-state index is 13.1. The highest BCUT2D eigenvalue weighted by Gasteiger charge is 2.28. The Morgan fingerprint density at radius 1 is 1.16 bits per heavy atom. The molecular weight excluding hydrogens is 340 g/mol. The molecule has 0 radical (unpaired) electrons. The van der Waals surface area contributed by atoms with Crippen LogP contribution in [0.15, 0.2) is 36.5 Å². The third kappa shape index (κ3) is 3.42. The van der Waals surface area contributed by atoms with Crippen molar-refractivity contribution in [1.29, 1.82) is 0 Å². The number of amides is 1. The predicted octanol–water partition coefficient (Wildman–Crippen LogP) is 4.05. The molecule has 1 aliphatic heterocycles. The zero-order chi connectivity index (χ0) is 17.2. The van der Waals surface area contributed by atoms with Gasteiger partial charge in [0.2, 0.25) is 6.79 Å².